The molecular weight excluding hydrogens is 441 g/mol. The minimum atomic E-state index is 0. The lowest BCUT2D eigenvalue weighted by Gasteiger charge is -2.31. The van der Waals surface area contributed by atoms with Crippen LogP contribution in [0.5, 0.6) is 11.5 Å². The highest BCUT2D eigenvalue weighted by Crippen LogP contribution is 2.38. The lowest BCUT2D eigenvalue weighted by atomic mass is 10.00. The molecule has 0 bridgehead atoms. The number of halogens is 2. The van der Waals surface area contributed by atoms with Gasteiger partial charge in [-0.2, -0.15) is 0 Å². The number of hydrogen-bond acceptors (Lipinski definition) is 3. The van der Waals surface area contributed by atoms with Gasteiger partial charge in [0.15, 0.2) is 17.5 Å². The van der Waals surface area contributed by atoms with E-state index in [9.17, 15) is 0 Å². The van der Waals surface area contributed by atoms with Gasteiger partial charge in [0.1, 0.15) is 13.2 Å². The van der Waals surface area contributed by atoms with Crippen molar-refractivity contribution >= 4 is 41.5 Å². The van der Waals surface area contributed by atoms with Crippen molar-refractivity contribution in [2.24, 2.45) is 16.6 Å². The summed E-state index contributed by atoms with van der Waals surface area (Å²) >= 11 is 6.25. The van der Waals surface area contributed by atoms with Crippen molar-refractivity contribution in [3.63, 3.8) is 0 Å². The smallest absolute Gasteiger partial charge is 0.191 e. The highest BCUT2D eigenvalue weighted by Gasteiger charge is 2.18. The fraction of sp³-hybridized carbons (Fsp3) is 0.588. The summed E-state index contributed by atoms with van der Waals surface area (Å²) in [4.78, 5) is 6.69. The highest BCUT2D eigenvalue weighted by molar-refractivity contribution is 14.0. The number of likely N-dealkylation sites (tertiary alicyclic amines) is 1. The van der Waals surface area contributed by atoms with Gasteiger partial charge in [0.2, 0.25) is 0 Å². The molecule has 24 heavy (non-hydrogen) atoms. The van der Waals surface area contributed by atoms with Crippen LogP contribution in [-0.4, -0.2) is 43.7 Å². The molecule has 3 rings (SSSR count). The standard InChI is InChI=1S/C17H24ClN3O2.HI/c1-12-3-6-21(7-4-12)17(19)20-5-2-13-10-14(18)16-15(11-13)22-8-9-23-16;/h10-12H,2-9H2,1H3,(H2,19,20);1H. The van der Waals surface area contributed by atoms with E-state index in [4.69, 9.17) is 26.8 Å². The van der Waals surface area contributed by atoms with Gasteiger partial charge in [0.05, 0.1) is 5.02 Å². The third-order valence-corrected chi connectivity index (χ3v) is 4.72. The Bertz CT molecular complexity index is 589. The molecule has 0 aliphatic carbocycles. The predicted molar refractivity (Wildman–Crippen MR) is 108 cm³/mol. The Morgan fingerprint density at radius 3 is 2.75 bits per heavy atom. The second-order valence-electron chi connectivity index (χ2n) is 6.26. The number of ether oxygens (including phenoxy) is 2. The number of guanidine groups is 1. The molecule has 1 aromatic rings. The van der Waals surface area contributed by atoms with Crippen molar-refractivity contribution < 1.29 is 9.47 Å². The van der Waals surface area contributed by atoms with E-state index in [-0.39, 0.29) is 24.0 Å². The maximum absolute atomic E-state index is 6.25. The zero-order valence-electron chi connectivity index (χ0n) is 14.0. The van der Waals surface area contributed by atoms with Gasteiger partial charge in [-0.15, -0.1) is 24.0 Å². The first-order chi connectivity index (χ1) is 11.1. The number of nitrogens with zero attached hydrogens (tertiary/aromatic N) is 2. The van der Waals surface area contributed by atoms with Gasteiger partial charge in [0.25, 0.3) is 0 Å². The molecule has 134 valence electrons. The van der Waals surface area contributed by atoms with Crippen molar-refractivity contribution in [3.8, 4) is 11.5 Å². The van der Waals surface area contributed by atoms with Gasteiger partial charge < -0.3 is 20.1 Å². The molecule has 7 heteroatoms. The first kappa shape index (κ1) is 19.4. The molecular formula is C17H25ClIN3O2. The van der Waals surface area contributed by atoms with Gasteiger partial charge in [-0.05, 0) is 42.9 Å². The second-order valence-corrected chi connectivity index (χ2v) is 6.67. The number of hydrogen-bond donors (Lipinski definition) is 1. The van der Waals surface area contributed by atoms with Crippen LogP contribution in [0.25, 0.3) is 0 Å². The van der Waals surface area contributed by atoms with Crippen LogP contribution >= 0.6 is 35.6 Å². The van der Waals surface area contributed by atoms with Crippen molar-refractivity contribution in [1.29, 1.82) is 0 Å². The molecule has 2 heterocycles. The van der Waals surface area contributed by atoms with E-state index in [0.29, 0.717) is 36.5 Å². The maximum Gasteiger partial charge on any atom is 0.191 e. The van der Waals surface area contributed by atoms with Crippen LogP contribution in [0.4, 0.5) is 0 Å². The lowest BCUT2D eigenvalue weighted by molar-refractivity contribution is 0.171. The van der Waals surface area contributed by atoms with Crippen molar-refractivity contribution in [3.05, 3.63) is 22.7 Å². The first-order valence-corrected chi connectivity index (χ1v) is 8.64. The second kappa shape index (κ2) is 8.99. The van der Waals surface area contributed by atoms with E-state index in [1.807, 2.05) is 12.1 Å². The number of rotatable bonds is 3. The van der Waals surface area contributed by atoms with Crippen LogP contribution < -0.4 is 15.2 Å². The van der Waals surface area contributed by atoms with Crippen molar-refractivity contribution in [2.75, 3.05) is 32.8 Å². The van der Waals surface area contributed by atoms with Crippen LogP contribution in [0.3, 0.4) is 0 Å². The summed E-state index contributed by atoms with van der Waals surface area (Å²) in [5, 5.41) is 0.596. The van der Waals surface area contributed by atoms with E-state index < -0.39 is 0 Å². The van der Waals surface area contributed by atoms with Crippen LogP contribution in [0.1, 0.15) is 25.3 Å². The maximum atomic E-state index is 6.25. The number of aliphatic imine (C=N–C) groups is 1. The quantitative estimate of drug-likeness (QED) is 0.423. The zero-order valence-corrected chi connectivity index (χ0v) is 17.0. The van der Waals surface area contributed by atoms with Gasteiger partial charge in [0, 0.05) is 19.6 Å². The van der Waals surface area contributed by atoms with E-state index >= 15 is 0 Å². The molecule has 0 aromatic heterocycles. The third-order valence-electron chi connectivity index (χ3n) is 4.44. The third kappa shape index (κ3) is 4.81. The summed E-state index contributed by atoms with van der Waals surface area (Å²) in [5.41, 5.74) is 7.19. The molecule has 2 aliphatic rings. The summed E-state index contributed by atoms with van der Waals surface area (Å²) in [6.45, 7) is 6.05. The summed E-state index contributed by atoms with van der Waals surface area (Å²) in [6, 6.07) is 3.90. The summed E-state index contributed by atoms with van der Waals surface area (Å²) in [7, 11) is 0. The van der Waals surface area contributed by atoms with Crippen LogP contribution in [-0.2, 0) is 6.42 Å². The average molecular weight is 466 g/mol. The van der Waals surface area contributed by atoms with Gasteiger partial charge >= 0.3 is 0 Å². The molecule has 1 aromatic carbocycles. The van der Waals surface area contributed by atoms with Gasteiger partial charge in [-0.1, -0.05) is 18.5 Å². The summed E-state index contributed by atoms with van der Waals surface area (Å²) in [6.07, 6.45) is 3.16. The number of nitrogens with two attached hydrogens (primary N) is 1. The SMILES string of the molecule is CC1CCN(C(N)=NCCc2cc(Cl)c3c(c2)OCCO3)CC1.I. The monoisotopic (exact) mass is 465 g/mol. The van der Waals surface area contributed by atoms with Crippen molar-refractivity contribution in [1.82, 2.24) is 4.90 Å². The Balaban J connectivity index is 0.00000208. The summed E-state index contributed by atoms with van der Waals surface area (Å²) in [5.74, 6) is 2.81. The van der Waals surface area contributed by atoms with E-state index in [2.05, 4.69) is 16.8 Å². The predicted octanol–water partition coefficient (Wildman–Crippen LogP) is 3.32. The lowest BCUT2D eigenvalue weighted by Crippen LogP contribution is -2.42. The minimum absolute atomic E-state index is 0. The number of fused-ring (bicyclic) bond motifs is 1. The first-order valence-electron chi connectivity index (χ1n) is 8.26. The van der Waals surface area contributed by atoms with Crippen molar-refractivity contribution in [2.45, 2.75) is 26.2 Å². The summed E-state index contributed by atoms with van der Waals surface area (Å²) < 4.78 is 11.1. The Hall–Kier alpha value is -0.890. The van der Waals surface area contributed by atoms with Crippen LogP contribution in [0, 0.1) is 5.92 Å². The Morgan fingerprint density at radius 1 is 1.29 bits per heavy atom. The molecule has 2 aliphatic heterocycles. The molecule has 0 saturated carbocycles. The van der Waals surface area contributed by atoms with Gasteiger partial charge in [-0.25, -0.2) is 0 Å². The fourth-order valence-corrected chi connectivity index (χ4v) is 3.23. The Kier molecular flexibility index (Phi) is 7.28. The molecule has 0 unspecified atom stereocenters. The molecule has 0 spiro atoms. The fourth-order valence-electron chi connectivity index (χ4n) is 2.95. The molecule has 0 radical (unpaired) electrons. The van der Waals surface area contributed by atoms with E-state index in [1.54, 1.807) is 0 Å². The molecule has 5 nitrogen and oxygen atoms in total. The van der Waals surface area contributed by atoms with Gasteiger partial charge in [-0.3, -0.25) is 4.99 Å². The van der Waals surface area contributed by atoms with Crippen LogP contribution in [0.15, 0.2) is 17.1 Å². The molecule has 1 fully saturated rings. The minimum Gasteiger partial charge on any atom is -0.486 e. The molecule has 0 atom stereocenters. The molecule has 2 N–H and O–H groups in total. The number of piperidine rings is 1. The normalized spacial score (nSPS) is 18.2. The zero-order chi connectivity index (χ0) is 16.2. The average Bonchev–Trinajstić information content (AvgIpc) is 2.55. The molecule has 1 saturated heterocycles. The number of benzene rings is 1. The Labute approximate surface area is 165 Å². The Morgan fingerprint density at radius 2 is 2.00 bits per heavy atom. The topological polar surface area (TPSA) is 60.1 Å². The largest absolute Gasteiger partial charge is 0.486 e. The van der Waals surface area contributed by atoms with E-state index in [1.165, 1.54) is 12.8 Å². The highest BCUT2D eigenvalue weighted by atomic mass is 127. The van der Waals surface area contributed by atoms with Crippen LogP contribution in [0.2, 0.25) is 5.02 Å². The van der Waals surface area contributed by atoms with E-state index in [0.717, 1.165) is 36.7 Å². The molecule has 0 amide bonds.